The van der Waals surface area contributed by atoms with Crippen molar-refractivity contribution in [2.45, 2.75) is 12.8 Å². The van der Waals surface area contributed by atoms with Crippen LogP contribution in [0.5, 0.6) is 11.5 Å². The summed E-state index contributed by atoms with van der Waals surface area (Å²) < 4.78 is 28.9. The average molecular weight is 883 g/mol. The van der Waals surface area contributed by atoms with Gasteiger partial charge in [0.2, 0.25) is 0 Å². The molecule has 0 saturated carbocycles. The van der Waals surface area contributed by atoms with Gasteiger partial charge >= 0.3 is 11.9 Å². The molecule has 4 aromatic heterocycles. The highest BCUT2D eigenvalue weighted by Crippen LogP contribution is 2.44. The van der Waals surface area contributed by atoms with Crippen LogP contribution in [0.25, 0.3) is 111 Å². The maximum atomic E-state index is 12.8. The van der Waals surface area contributed by atoms with Gasteiger partial charge in [0.25, 0.3) is 0 Å². The number of ether oxygens (including phenoxy) is 2. The van der Waals surface area contributed by atoms with E-state index in [1.807, 2.05) is 30.3 Å². The second-order valence-electron chi connectivity index (χ2n) is 17.2. The van der Waals surface area contributed by atoms with Crippen molar-refractivity contribution >= 4 is 100 Å². The molecule has 0 spiro atoms. The number of hydrogen-bond acceptors (Lipinski definition) is 6. The van der Waals surface area contributed by atoms with Gasteiger partial charge in [0, 0.05) is 78.8 Å². The Labute approximate surface area is 388 Å². The number of aryl methyl sites for hydroxylation is 1. The number of para-hydroxylation sites is 3. The van der Waals surface area contributed by atoms with Gasteiger partial charge in [-0.1, -0.05) is 86.0 Å². The molecule has 324 valence electrons. The van der Waals surface area contributed by atoms with Crippen molar-refractivity contribution in [3.05, 3.63) is 206 Å². The number of fused-ring (bicyclic) bond motifs is 12. The Kier molecular flexibility index (Phi) is 8.78. The van der Waals surface area contributed by atoms with Gasteiger partial charge in [0.15, 0.2) is 0 Å². The third-order valence-electron chi connectivity index (χ3n) is 13.3. The van der Waals surface area contributed by atoms with Gasteiger partial charge in [-0.3, -0.25) is 0 Å². The molecule has 0 bridgehead atoms. The number of nitrogens with zero attached hydrogens (tertiary/aromatic N) is 2. The van der Waals surface area contributed by atoms with E-state index < -0.39 is 11.9 Å². The Bertz CT molecular complexity index is 4140. The van der Waals surface area contributed by atoms with Gasteiger partial charge in [0.1, 0.15) is 34.0 Å². The zero-order valence-electron chi connectivity index (χ0n) is 36.5. The molecule has 13 rings (SSSR count). The number of carbonyl (C=O) groups excluding carboxylic acids is 2. The quantitative estimate of drug-likeness (QED) is 0.0858. The molecule has 68 heavy (non-hydrogen) atoms. The molecule has 0 amide bonds. The molecule has 0 unspecified atom stereocenters. The van der Waals surface area contributed by atoms with Crippen LogP contribution in [0.4, 0.5) is 0 Å². The summed E-state index contributed by atoms with van der Waals surface area (Å²) in [7, 11) is 0. The molecule has 0 aliphatic heterocycles. The lowest BCUT2D eigenvalue weighted by Crippen LogP contribution is -2.03. The summed E-state index contributed by atoms with van der Waals surface area (Å²) in [6.45, 7) is 7.18. The molecule has 4 heterocycles. The lowest BCUT2D eigenvalue weighted by atomic mass is 9.91. The summed E-state index contributed by atoms with van der Waals surface area (Å²) in [6, 6.07) is 56.0. The highest BCUT2D eigenvalue weighted by molar-refractivity contribution is 6.14. The minimum absolute atomic E-state index is 0.390. The lowest BCUT2D eigenvalue weighted by molar-refractivity contribution is -0.129. The van der Waals surface area contributed by atoms with Crippen LogP contribution in [-0.4, -0.2) is 21.1 Å². The second kappa shape index (κ2) is 15.2. The number of esters is 2. The summed E-state index contributed by atoms with van der Waals surface area (Å²) in [5.41, 5.74) is 13.5. The molecular weight excluding hydrogens is 845 g/mol. The molecule has 0 saturated heterocycles. The largest absolute Gasteiger partial charge is 0.460 e. The van der Waals surface area contributed by atoms with Crippen molar-refractivity contribution in [1.29, 1.82) is 0 Å². The van der Waals surface area contributed by atoms with Crippen LogP contribution in [-0.2, 0) is 16.0 Å². The lowest BCUT2D eigenvalue weighted by Gasteiger charge is -2.14. The van der Waals surface area contributed by atoms with E-state index in [1.54, 1.807) is 6.07 Å². The second-order valence-corrected chi connectivity index (χ2v) is 17.2. The first kappa shape index (κ1) is 39.2. The van der Waals surface area contributed by atoms with E-state index in [4.69, 9.17) is 18.3 Å². The number of hydrogen-bond donors (Lipinski definition) is 0. The fourth-order valence-electron chi connectivity index (χ4n) is 10.3. The fraction of sp³-hybridized carbons (Fsp3) is 0.0333. The Morgan fingerprint density at radius 2 is 1.10 bits per heavy atom. The van der Waals surface area contributed by atoms with E-state index in [1.165, 1.54) is 22.4 Å². The van der Waals surface area contributed by atoms with Gasteiger partial charge in [-0.2, -0.15) is 0 Å². The van der Waals surface area contributed by atoms with Crippen LogP contribution in [0.2, 0.25) is 0 Å². The van der Waals surface area contributed by atoms with Crippen molar-refractivity contribution in [3.8, 4) is 34.0 Å². The zero-order valence-corrected chi connectivity index (χ0v) is 36.5. The summed E-state index contributed by atoms with van der Waals surface area (Å²) in [5.74, 6) is 0.701. The van der Waals surface area contributed by atoms with E-state index in [2.05, 4.69) is 156 Å². The molecule has 0 N–H and O–H groups in total. The highest BCUT2D eigenvalue weighted by Gasteiger charge is 2.23. The molecular formula is C60H38N2O6. The van der Waals surface area contributed by atoms with E-state index in [9.17, 15) is 9.59 Å². The van der Waals surface area contributed by atoms with E-state index in [-0.39, 0.29) is 0 Å². The molecule has 8 aromatic carbocycles. The first-order valence-corrected chi connectivity index (χ1v) is 22.5. The summed E-state index contributed by atoms with van der Waals surface area (Å²) in [4.78, 5) is 24.7. The molecule has 0 atom stereocenters. The Morgan fingerprint density at radius 3 is 1.82 bits per heavy atom. The third-order valence-corrected chi connectivity index (χ3v) is 13.3. The minimum Gasteiger partial charge on any atom is -0.460 e. The fourth-order valence-corrected chi connectivity index (χ4v) is 10.3. The molecule has 0 fully saturated rings. The van der Waals surface area contributed by atoms with Crippen LogP contribution < -0.4 is 9.47 Å². The summed E-state index contributed by atoms with van der Waals surface area (Å²) in [5, 5.41) is 7.24. The monoisotopic (exact) mass is 882 g/mol. The third kappa shape index (κ3) is 6.15. The Morgan fingerprint density at radius 1 is 0.485 bits per heavy atom. The topological polar surface area (TPSA) is 88.7 Å². The Balaban J connectivity index is 0.936. The molecule has 8 nitrogen and oxygen atoms in total. The average Bonchev–Trinajstić information content (AvgIpc) is 4.13. The number of carbonyl (C=O) groups is 2. The highest BCUT2D eigenvalue weighted by atomic mass is 16.5. The first-order chi connectivity index (χ1) is 33.4. The van der Waals surface area contributed by atoms with Crippen molar-refractivity contribution < 1.29 is 27.9 Å². The Hall–Kier alpha value is -9.14. The first-order valence-electron chi connectivity index (χ1n) is 22.5. The predicted molar refractivity (Wildman–Crippen MR) is 272 cm³/mol. The van der Waals surface area contributed by atoms with Crippen molar-refractivity contribution in [2.75, 3.05) is 0 Å². The van der Waals surface area contributed by atoms with Gasteiger partial charge in [-0.25, -0.2) is 9.59 Å². The van der Waals surface area contributed by atoms with E-state index in [0.29, 0.717) is 17.1 Å². The smallest absolute Gasteiger partial charge is 0.335 e. The standard InChI is InChI=1S/C60H38N2O6/c1-3-58(63)65-40-23-27-56-49(32-40)47-30-36(21-25-55(47)67-56)35-20-24-54-46(29-35)44-16-7-10-19-53(44)61(54)38-13-11-12-37(28-38)45-33-41(66-59(64)4-2)34-50-48-31-39(22-26-57(48)68-60(45)50)62-51-17-8-5-14-42(51)43-15-6-9-18-52(43)62/h3-20,22-24,26-34H,1-2,21,25H2. The maximum Gasteiger partial charge on any atom is 0.335 e. The van der Waals surface area contributed by atoms with E-state index in [0.717, 1.165) is 118 Å². The predicted octanol–water partition coefficient (Wildman–Crippen LogP) is 14.9. The van der Waals surface area contributed by atoms with Crippen LogP contribution in [0.15, 0.2) is 198 Å². The zero-order chi connectivity index (χ0) is 45.6. The van der Waals surface area contributed by atoms with Crippen LogP contribution in [0.3, 0.4) is 0 Å². The number of rotatable bonds is 8. The minimum atomic E-state index is -0.546. The molecule has 1 aliphatic rings. The number of aromatic nitrogens is 2. The van der Waals surface area contributed by atoms with E-state index >= 15 is 0 Å². The summed E-state index contributed by atoms with van der Waals surface area (Å²) in [6.07, 6.45) is 6.10. The van der Waals surface area contributed by atoms with Crippen molar-refractivity contribution in [3.63, 3.8) is 0 Å². The molecule has 12 aromatic rings. The maximum absolute atomic E-state index is 12.8. The normalized spacial score (nSPS) is 12.6. The van der Waals surface area contributed by atoms with Gasteiger partial charge < -0.3 is 27.4 Å². The molecule has 8 heteroatoms. The number of furan rings is 2. The van der Waals surface area contributed by atoms with Gasteiger partial charge in [0.05, 0.1) is 22.1 Å². The van der Waals surface area contributed by atoms with Crippen LogP contribution in [0, 0.1) is 0 Å². The number of benzene rings is 8. The van der Waals surface area contributed by atoms with Crippen molar-refractivity contribution in [2.24, 2.45) is 0 Å². The molecule has 1 aliphatic carbocycles. The van der Waals surface area contributed by atoms with Crippen LogP contribution >= 0.6 is 0 Å². The van der Waals surface area contributed by atoms with Crippen molar-refractivity contribution in [1.82, 2.24) is 9.13 Å². The molecule has 0 radical (unpaired) electrons. The van der Waals surface area contributed by atoms with Gasteiger partial charge in [-0.15, -0.1) is 0 Å². The van der Waals surface area contributed by atoms with Crippen LogP contribution in [0.1, 0.15) is 23.3 Å². The van der Waals surface area contributed by atoms with Gasteiger partial charge in [-0.05, 0) is 120 Å². The number of allylic oxidation sites excluding steroid dienone is 1. The SMILES string of the molecule is C=CC(=O)Oc1ccc2oc3c(c2c1)C=C(c1ccc2c(c1)c1ccccc1n2-c1cccc(-c2cc(OC(=O)C=C)cc4c2oc2ccc(-n5c6ccccc6c6ccccc65)cc24)c1)CC3. The summed E-state index contributed by atoms with van der Waals surface area (Å²) >= 11 is 0.